The highest BCUT2D eigenvalue weighted by Gasteiger charge is 2.07. The summed E-state index contributed by atoms with van der Waals surface area (Å²) in [5.41, 5.74) is 7.56. The summed E-state index contributed by atoms with van der Waals surface area (Å²) < 4.78 is 2.08. The molecule has 0 aliphatic heterocycles. The molecule has 0 atom stereocenters. The van der Waals surface area contributed by atoms with E-state index in [2.05, 4.69) is 9.55 Å². The first-order chi connectivity index (χ1) is 7.83. The smallest absolute Gasteiger partial charge is 0.0950 e. The van der Waals surface area contributed by atoms with Crippen molar-refractivity contribution in [1.29, 1.82) is 0 Å². The first-order valence-electron chi connectivity index (χ1n) is 5.28. The molecule has 0 fully saturated rings. The van der Waals surface area contributed by atoms with Crippen molar-refractivity contribution in [3.8, 4) is 11.3 Å². The van der Waals surface area contributed by atoms with Gasteiger partial charge in [0, 0.05) is 17.1 Å². The second-order valence-corrected chi connectivity index (χ2v) is 4.00. The van der Waals surface area contributed by atoms with Crippen molar-refractivity contribution in [2.45, 2.75) is 13.0 Å². The maximum atomic E-state index is 6.16. The molecule has 0 saturated heterocycles. The van der Waals surface area contributed by atoms with Crippen molar-refractivity contribution in [1.82, 2.24) is 9.55 Å². The summed E-state index contributed by atoms with van der Waals surface area (Å²) in [7, 11) is 0. The number of rotatable bonds is 4. The minimum Gasteiger partial charge on any atom is -0.331 e. The van der Waals surface area contributed by atoms with Crippen molar-refractivity contribution < 1.29 is 0 Å². The number of halogens is 1. The van der Waals surface area contributed by atoms with Crippen molar-refractivity contribution in [3.05, 3.63) is 41.8 Å². The van der Waals surface area contributed by atoms with E-state index in [0.717, 1.165) is 29.2 Å². The summed E-state index contributed by atoms with van der Waals surface area (Å²) in [5, 5.41) is 0.747. The van der Waals surface area contributed by atoms with Crippen LogP contribution in [-0.4, -0.2) is 16.1 Å². The average molecular weight is 236 g/mol. The highest BCUT2D eigenvalue weighted by atomic mass is 35.5. The zero-order chi connectivity index (χ0) is 11.4. The fraction of sp³-hybridized carbons (Fsp3) is 0.250. The largest absolute Gasteiger partial charge is 0.331 e. The molecular formula is C12H14ClN3. The van der Waals surface area contributed by atoms with Crippen LogP contribution < -0.4 is 5.73 Å². The molecule has 2 N–H and O–H groups in total. The molecule has 0 aliphatic rings. The van der Waals surface area contributed by atoms with Gasteiger partial charge in [-0.1, -0.05) is 29.8 Å². The number of imidazole rings is 1. The standard InChI is InChI=1S/C12H14ClN3/c13-11-5-2-1-4-10(11)12-8-15-9-16(12)7-3-6-14/h1-2,4-5,8-9H,3,6-7,14H2. The van der Waals surface area contributed by atoms with Crippen molar-refractivity contribution in [2.75, 3.05) is 6.54 Å². The molecule has 0 amide bonds. The minimum atomic E-state index is 0.681. The molecule has 16 heavy (non-hydrogen) atoms. The summed E-state index contributed by atoms with van der Waals surface area (Å²) in [5.74, 6) is 0. The van der Waals surface area contributed by atoms with Crippen LogP contribution in [0.25, 0.3) is 11.3 Å². The number of aryl methyl sites for hydroxylation is 1. The lowest BCUT2D eigenvalue weighted by Gasteiger charge is -2.08. The lowest BCUT2D eigenvalue weighted by Crippen LogP contribution is -2.06. The van der Waals surface area contributed by atoms with E-state index in [1.807, 2.05) is 36.8 Å². The lowest BCUT2D eigenvalue weighted by atomic mass is 10.1. The van der Waals surface area contributed by atoms with E-state index in [0.29, 0.717) is 6.54 Å². The van der Waals surface area contributed by atoms with Gasteiger partial charge < -0.3 is 10.3 Å². The second kappa shape index (κ2) is 5.14. The molecule has 1 heterocycles. The Bertz CT molecular complexity index is 465. The average Bonchev–Trinajstić information content (AvgIpc) is 2.75. The Balaban J connectivity index is 2.33. The molecule has 1 aromatic carbocycles. The van der Waals surface area contributed by atoms with E-state index in [-0.39, 0.29) is 0 Å². The van der Waals surface area contributed by atoms with E-state index >= 15 is 0 Å². The van der Waals surface area contributed by atoms with Gasteiger partial charge in [0.05, 0.1) is 18.2 Å². The van der Waals surface area contributed by atoms with Gasteiger partial charge in [0.2, 0.25) is 0 Å². The summed E-state index contributed by atoms with van der Waals surface area (Å²) >= 11 is 6.16. The van der Waals surface area contributed by atoms with Crippen LogP contribution in [0.1, 0.15) is 6.42 Å². The Kier molecular flexibility index (Phi) is 3.59. The monoisotopic (exact) mass is 235 g/mol. The number of hydrogen-bond donors (Lipinski definition) is 1. The fourth-order valence-electron chi connectivity index (χ4n) is 1.65. The number of aromatic nitrogens is 2. The fourth-order valence-corrected chi connectivity index (χ4v) is 1.89. The van der Waals surface area contributed by atoms with E-state index < -0.39 is 0 Å². The molecule has 2 aromatic rings. The van der Waals surface area contributed by atoms with Crippen LogP contribution in [0.15, 0.2) is 36.8 Å². The predicted octanol–water partition coefficient (Wildman–Crippen LogP) is 2.55. The van der Waals surface area contributed by atoms with E-state index in [1.54, 1.807) is 0 Å². The molecule has 0 spiro atoms. The molecule has 2 rings (SSSR count). The van der Waals surface area contributed by atoms with Gasteiger partial charge in [-0.25, -0.2) is 4.98 Å². The van der Waals surface area contributed by atoms with Crippen LogP contribution in [-0.2, 0) is 6.54 Å². The van der Waals surface area contributed by atoms with Crippen molar-refractivity contribution in [3.63, 3.8) is 0 Å². The highest BCUT2D eigenvalue weighted by Crippen LogP contribution is 2.27. The maximum absolute atomic E-state index is 6.16. The van der Waals surface area contributed by atoms with E-state index in [4.69, 9.17) is 17.3 Å². The van der Waals surface area contributed by atoms with Crippen LogP contribution in [0.2, 0.25) is 5.02 Å². The summed E-state index contributed by atoms with van der Waals surface area (Å²) in [6, 6.07) is 7.78. The molecule has 0 aliphatic carbocycles. The molecular weight excluding hydrogens is 222 g/mol. The second-order valence-electron chi connectivity index (χ2n) is 3.59. The Morgan fingerprint density at radius 1 is 1.31 bits per heavy atom. The van der Waals surface area contributed by atoms with Gasteiger partial charge in [0.15, 0.2) is 0 Å². The van der Waals surface area contributed by atoms with Crippen LogP contribution in [0.5, 0.6) is 0 Å². The van der Waals surface area contributed by atoms with Gasteiger partial charge in [0.25, 0.3) is 0 Å². The van der Waals surface area contributed by atoms with Gasteiger partial charge >= 0.3 is 0 Å². The Labute approximate surface area is 99.9 Å². The summed E-state index contributed by atoms with van der Waals surface area (Å²) in [6.07, 6.45) is 4.58. The maximum Gasteiger partial charge on any atom is 0.0950 e. The molecule has 0 saturated carbocycles. The molecule has 3 nitrogen and oxygen atoms in total. The van der Waals surface area contributed by atoms with Gasteiger partial charge in [-0.3, -0.25) is 0 Å². The number of benzene rings is 1. The Morgan fingerprint density at radius 2 is 2.12 bits per heavy atom. The molecule has 4 heteroatoms. The normalized spacial score (nSPS) is 10.6. The summed E-state index contributed by atoms with van der Waals surface area (Å²) in [4.78, 5) is 4.16. The van der Waals surface area contributed by atoms with Crippen molar-refractivity contribution in [2.24, 2.45) is 5.73 Å². The first kappa shape index (κ1) is 11.2. The van der Waals surface area contributed by atoms with Gasteiger partial charge in [-0.2, -0.15) is 0 Å². The Hall–Kier alpha value is -1.32. The van der Waals surface area contributed by atoms with Crippen LogP contribution in [0.4, 0.5) is 0 Å². The number of hydrogen-bond acceptors (Lipinski definition) is 2. The quantitative estimate of drug-likeness (QED) is 0.885. The molecule has 1 aromatic heterocycles. The molecule has 84 valence electrons. The summed E-state index contributed by atoms with van der Waals surface area (Å²) in [6.45, 7) is 1.55. The van der Waals surface area contributed by atoms with Crippen molar-refractivity contribution >= 4 is 11.6 Å². The first-order valence-corrected chi connectivity index (χ1v) is 5.66. The molecule has 0 radical (unpaired) electrons. The van der Waals surface area contributed by atoms with Crippen LogP contribution in [0, 0.1) is 0 Å². The van der Waals surface area contributed by atoms with Crippen LogP contribution >= 0.6 is 11.6 Å². The third-order valence-electron chi connectivity index (χ3n) is 2.47. The number of nitrogens with zero attached hydrogens (tertiary/aromatic N) is 2. The van der Waals surface area contributed by atoms with Crippen LogP contribution in [0.3, 0.4) is 0 Å². The lowest BCUT2D eigenvalue weighted by molar-refractivity contribution is 0.655. The third-order valence-corrected chi connectivity index (χ3v) is 2.79. The molecule has 0 bridgehead atoms. The SMILES string of the molecule is NCCCn1cncc1-c1ccccc1Cl. The third kappa shape index (κ3) is 2.26. The zero-order valence-electron chi connectivity index (χ0n) is 8.94. The topological polar surface area (TPSA) is 43.8 Å². The predicted molar refractivity (Wildman–Crippen MR) is 66.3 cm³/mol. The van der Waals surface area contributed by atoms with Gasteiger partial charge in [0.1, 0.15) is 0 Å². The van der Waals surface area contributed by atoms with E-state index in [1.165, 1.54) is 0 Å². The van der Waals surface area contributed by atoms with E-state index in [9.17, 15) is 0 Å². The highest BCUT2D eigenvalue weighted by molar-refractivity contribution is 6.33. The number of nitrogens with two attached hydrogens (primary N) is 1. The van der Waals surface area contributed by atoms with Gasteiger partial charge in [-0.15, -0.1) is 0 Å². The van der Waals surface area contributed by atoms with Gasteiger partial charge in [-0.05, 0) is 19.0 Å². The molecule has 0 unspecified atom stereocenters. The minimum absolute atomic E-state index is 0.681. The zero-order valence-corrected chi connectivity index (χ0v) is 9.69. The Morgan fingerprint density at radius 3 is 2.88 bits per heavy atom.